The summed E-state index contributed by atoms with van der Waals surface area (Å²) >= 11 is 0. The lowest BCUT2D eigenvalue weighted by Gasteiger charge is -2.42. The SMILES string of the molecule is COC(=O)C1CCN(C(=O)C(CC(C)C)N2CCNC(CC(C)C)C2=O)CC1. The molecule has 0 aliphatic carbocycles. The van der Waals surface area contributed by atoms with E-state index in [4.69, 9.17) is 4.74 Å². The highest BCUT2D eigenvalue weighted by Gasteiger charge is 2.39. The minimum atomic E-state index is -0.418. The van der Waals surface area contributed by atoms with E-state index >= 15 is 0 Å². The Labute approximate surface area is 169 Å². The second-order valence-electron chi connectivity index (χ2n) is 8.94. The van der Waals surface area contributed by atoms with Crippen LogP contribution in [0.2, 0.25) is 0 Å². The summed E-state index contributed by atoms with van der Waals surface area (Å²) in [5.74, 6) is 0.471. The normalized spacial score (nSPS) is 22.7. The first-order chi connectivity index (χ1) is 13.2. The lowest BCUT2D eigenvalue weighted by molar-refractivity contribution is -0.153. The van der Waals surface area contributed by atoms with Gasteiger partial charge in [-0.05, 0) is 37.5 Å². The number of esters is 1. The third-order valence-electron chi connectivity index (χ3n) is 5.73. The van der Waals surface area contributed by atoms with Crippen molar-refractivity contribution in [3.8, 4) is 0 Å². The Morgan fingerprint density at radius 3 is 2.29 bits per heavy atom. The quantitative estimate of drug-likeness (QED) is 0.663. The number of nitrogens with zero attached hydrogens (tertiary/aromatic N) is 2. The highest BCUT2D eigenvalue weighted by Crippen LogP contribution is 2.23. The van der Waals surface area contributed by atoms with Gasteiger partial charge in [-0.3, -0.25) is 14.4 Å². The van der Waals surface area contributed by atoms with Gasteiger partial charge in [-0.1, -0.05) is 27.7 Å². The number of ether oxygens (including phenoxy) is 1. The summed E-state index contributed by atoms with van der Waals surface area (Å²) in [6.07, 6.45) is 2.69. The van der Waals surface area contributed by atoms with Gasteiger partial charge < -0.3 is 19.9 Å². The standard InChI is InChI=1S/C21H37N3O4/c1-14(2)12-17-19(25)24(11-8-22-17)18(13-15(3)4)20(26)23-9-6-16(7-10-23)21(27)28-5/h14-18,22H,6-13H2,1-5H3. The predicted octanol–water partition coefficient (Wildman–Crippen LogP) is 1.66. The van der Waals surface area contributed by atoms with Crippen molar-refractivity contribution >= 4 is 17.8 Å². The maximum atomic E-state index is 13.3. The van der Waals surface area contributed by atoms with Crippen molar-refractivity contribution in [3.05, 3.63) is 0 Å². The molecular formula is C21H37N3O4. The molecule has 2 fully saturated rings. The van der Waals surface area contributed by atoms with Crippen molar-refractivity contribution in [1.29, 1.82) is 0 Å². The van der Waals surface area contributed by atoms with Gasteiger partial charge in [0.05, 0.1) is 19.1 Å². The molecule has 0 saturated carbocycles. The van der Waals surface area contributed by atoms with Gasteiger partial charge in [0.25, 0.3) is 0 Å². The number of carbonyl (C=O) groups is 3. The minimum Gasteiger partial charge on any atom is -0.469 e. The monoisotopic (exact) mass is 395 g/mol. The van der Waals surface area contributed by atoms with E-state index in [1.165, 1.54) is 7.11 Å². The highest BCUT2D eigenvalue weighted by molar-refractivity contribution is 5.90. The second kappa shape index (κ2) is 10.2. The zero-order chi connectivity index (χ0) is 20.8. The number of piperidine rings is 1. The van der Waals surface area contributed by atoms with Crippen LogP contribution >= 0.6 is 0 Å². The van der Waals surface area contributed by atoms with Crippen LogP contribution in [0.25, 0.3) is 0 Å². The van der Waals surface area contributed by atoms with Crippen molar-refractivity contribution < 1.29 is 19.1 Å². The van der Waals surface area contributed by atoms with Gasteiger partial charge in [0.15, 0.2) is 0 Å². The van der Waals surface area contributed by atoms with E-state index in [1.807, 2.05) is 4.90 Å². The average Bonchev–Trinajstić information content (AvgIpc) is 2.66. The van der Waals surface area contributed by atoms with Crippen LogP contribution in [-0.4, -0.2) is 73.0 Å². The summed E-state index contributed by atoms with van der Waals surface area (Å²) in [6.45, 7) is 10.8. The molecule has 0 bridgehead atoms. The molecule has 2 amide bonds. The molecule has 0 aromatic rings. The van der Waals surface area contributed by atoms with Crippen LogP contribution in [0.4, 0.5) is 0 Å². The number of amides is 2. The van der Waals surface area contributed by atoms with Crippen LogP contribution in [0.15, 0.2) is 0 Å². The number of hydrogen-bond donors (Lipinski definition) is 1. The summed E-state index contributed by atoms with van der Waals surface area (Å²) < 4.78 is 4.84. The van der Waals surface area contributed by atoms with Gasteiger partial charge in [-0.2, -0.15) is 0 Å². The number of rotatable bonds is 7. The van der Waals surface area contributed by atoms with Gasteiger partial charge in [0.1, 0.15) is 6.04 Å². The Hall–Kier alpha value is -1.63. The summed E-state index contributed by atoms with van der Waals surface area (Å²) in [5.41, 5.74) is 0. The fourth-order valence-electron chi connectivity index (χ4n) is 4.24. The number of hydrogen-bond acceptors (Lipinski definition) is 5. The average molecular weight is 396 g/mol. The molecule has 2 atom stereocenters. The molecule has 2 aliphatic rings. The van der Waals surface area contributed by atoms with Crippen molar-refractivity contribution in [3.63, 3.8) is 0 Å². The molecule has 2 heterocycles. The number of methoxy groups -OCH3 is 1. The van der Waals surface area contributed by atoms with E-state index in [2.05, 4.69) is 33.0 Å². The lowest BCUT2D eigenvalue weighted by atomic mass is 9.94. The molecule has 0 aromatic heterocycles. The van der Waals surface area contributed by atoms with E-state index in [1.54, 1.807) is 4.90 Å². The summed E-state index contributed by atoms with van der Waals surface area (Å²) in [7, 11) is 1.40. The molecule has 2 rings (SSSR count). The van der Waals surface area contributed by atoms with Crippen molar-refractivity contribution in [2.24, 2.45) is 17.8 Å². The lowest BCUT2D eigenvalue weighted by Crippen LogP contribution is -2.62. The summed E-state index contributed by atoms with van der Waals surface area (Å²) in [5, 5.41) is 3.31. The molecule has 2 aliphatic heterocycles. The van der Waals surface area contributed by atoms with E-state index in [0.717, 1.165) is 13.0 Å². The first kappa shape index (κ1) is 22.7. The Kier molecular flexibility index (Phi) is 8.28. The van der Waals surface area contributed by atoms with Crippen LogP contribution in [0.3, 0.4) is 0 Å². The molecule has 0 radical (unpaired) electrons. The fraction of sp³-hybridized carbons (Fsp3) is 0.857. The Bertz CT molecular complexity index is 556. The molecule has 7 nitrogen and oxygen atoms in total. The molecule has 160 valence electrons. The Balaban J connectivity index is 2.09. The van der Waals surface area contributed by atoms with Gasteiger partial charge in [0, 0.05) is 26.2 Å². The molecule has 1 N–H and O–H groups in total. The Morgan fingerprint density at radius 2 is 1.75 bits per heavy atom. The maximum Gasteiger partial charge on any atom is 0.308 e. The van der Waals surface area contributed by atoms with Crippen LogP contribution in [0.5, 0.6) is 0 Å². The molecule has 7 heteroatoms. The molecular weight excluding hydrogens is 358 g/mol. The number of piperazine rings is 1. The molecule has 0 aromatic carbocycles. The summed E-state index contributed by atoms with van der Waals surface area (Å²) in [4.78, 5) is 41.8. The Morgan fingerprint density at radius 1 is 1.11 bits per heavy atom. The van der Waals surface area contributed by atoms with Crippen molar-refractivity contribution in [1.82, 2.24) is 15.1 Å². The van der Waals surface area contributed by atoms with Crippen molar-refractivity contribution in [2.75, 3.05) is 33.3 Å². The zero-order valence-corrected chi connectivity index (χ0v) is 18.1. The first-order valence-corrected chi connectivity index (χ1v) is 10.6. The van der Waals surface area contributed by atoms with Crippen molar-refractivity contribution in [2.45, 2.75) is 65.5 Å². The fourth-order valence-corrected chi connectivity index (χ4v) is 4.24. The number of nitrogens with one attached hydrogen (secondary N) is 1. The minimum absolute atomic E-state index is 0.0237. The molecule has 2 saturated heterocycles. The molecule has 2 unspecified atom stereocenters. The third-order valence-corrected chi connectivity index (χ3v) is 5.73. The zero-order valence-electron chi connectivity index (χ0n) is 18.1. The van der Waals surface area contributed by atoms with Crippen LogP contribution in [0.1, 0.15) is 53.4 Å². The topological polar surface area (TPSA) is 79.0 Å². The van der Waals surface area contributed by atoms with Gasteiger partial charge in [-0.15, -0.1) is 0 Å². The maximum absolute atomic E-state index is 13.3. The van der Waals surface area contributed by atoms with E-state index in [0.29, 0.717) is 50.7 Å². The van der Waals surface area contributed by atoms with E-state index in [-0.39, 0.29) is 29.7 Å². The van der Waals surface area contributed by atoms with Crippen LogP contribution in [0, 0.1) is 17.8 Å². The van der Waals surface area contributed by atoms with E-state index < -0.39 is 6.04 Å². The van der Waals surface area contributed by atoms with Crippen LogP contribution in [-0.2, 0) is 19.1 Å². The van der Waals surface area contributed by atoms with Gasteiger partial charge in [0.2, 0.25) is 11.8 Å². The highest BCUT2D eigenvalue weighted by atomic mass is 16.5. The number of likely N-dealkylation sites (tertiary alicyclic amines) is 1. The first-order valence-electron chi connectivity index (χ1n) is 10.6. The number of carbonyl (C=O) groups excluding carboxylic acids is 3. The van der Waals surface area contributed by atoms with E-state index in [9.17, 15) is 14.4 Å². The van der Waals surface area contributed by atoms with Crippen LogP contribution < -0.4 is 5.32 Å². The largest absolute Gasteiger partial charge is 0.469 e. The molecule has 0 spiro atoms. The summed E-state index contributed by atoms with van der Waals surface area (Å²) in [6, 6.07) is -0.625. The second-order valence-corrected chi connectivity index (χ2v) is 8.94. The van der Waals surface area contributed by atoms with Gasteiger partial charge >= 0.3 is 5.97 Å². The smallest absolute Gasteiger partial charge is 0.308 e. The third kappa shape index (κ3) is 5.69. The predicted molar refractivity (Wildman–Crippen MR) is 108 cm³/mol. The van der Waals surface area contributed by atoms with Gasteiger partial charge in [-0.25, -0.2) is 0 Å². The molecule has 28 heavy (non-hydrogen) atoms.